The first-order valence-electron chi connectivity index (χ1n) is 11.6. The number of halogens is 1. The molecule has 0 fully saturated rings. The van der Waals surface area contributed by atoms with Crippen LogP contribution in [0.25, 0.3) is 0 Å². The SMILES string of the molecule is COCCN(CC(=O)N1N=C(c2ccccc2F)C[C@H]1c1cc(OC)ccc1OC)C(=O)c1cccs1. The first-order valence-corrected chi connectivity index (χ1v) is 12.5. The summed E-state index contributed by atoms with van der Waals surface area (Å²) >= 11 is 1.30. The van der Waals surface area contributed by atoms with Crippen molar-refractivity contribution in [3.8, 4) is 11.5 Å². The van der Waals surface area contributed by atoms with Gasteiger partial charge in [-0.05, 0) is 35.7 Å². The molecule has 0 saturated heterocycles. The summed E-state index contributed by atoms with van der Waals surface area (Å²) in [6, 6.07) is 14.5. The zero-order valence-corrected chi connectivity index (χ0v) is 21.7. The molecule has 1 aliphatic heterocycles. The van der Waals surface area contributed by atoms with Crippen molar-refractivity contribution in [1.29, 1.82) is 0 Å². The first-order chi connectivity index (χ1) is 18.0. The van der Waals surface area contributed by atoms with Crippen molar-refractivity contribution in [2.75, 3.05) is 41.0 Å². The summed E-state index contributed by atoms with van der Waals surface area (Å²) in [4.78, 5) is 28.8. The van der Waals surface area contributed by atoms with Crippen molar-refractivity contribution >= 4 is 28.9 Å². The van der Waals surface area contributed by atoms with Gasteiger partial charge in [-0.3, -0.25) is 9.59 Å². The highest BCUT2D eigenvalue weighted by molar-refractivity contribution is 7.12. The highest BCUT2D eigenvalue weighted by Crippen LogP contribution is 2.39. The molecule has 0 radical (unpaired) electrons. The fraction of sp³-hybridized carbons (Fsp3) is 0.296. The number of hydrazone groups is 1. The number of nitrogens with zero attached hydrogens (tertiary/aromatic N) is 3. The minimum Gasteiger partial charge on any atom is -0.497 e. The number of hydrogen-bond acceptors (Lipinski definition) is 7. The lowest BCUT2D eigenvalue weighted by molar-refractivity contribution is -0.133. The maximum absolute atomic E-state index is 14.7. The molecule has 2 heterocycles. The topological polar surface area (TPSA) is 80.7 Å². The third-order valence-electron chi connectivity index (χ3n) is 6.06. The van der Waals surface area contributed by atoms with E-state index in [0.29, 0.717) is 33.2 Å². The molecular formula is C27H28FN3O5S. The summed E-state index contributed by atoms with van der Waals surface area (Å²) in [5, 5.41) is 7.69. The fourth-order valence-electron chi connectivity index (χ4n) is 4.19. The third kappa shape index (κ3) is 5.81. The number of benzene rings is 2. The van der Waals surface area contributed by atoms with E-state index in [2.05, 4.69) is 5.10 Å². The van der Waals surface area contributed by atoms with E-state index in [4.69, 9.17) is 14.2 Å². The Kier molecular flexibility index (Phi) is 8.52. The van der Waals surface area contributed by atoms with Crippen molar-refractivity contribution in [3.05, 3.63) is 81.8 Å². The monoisotopic (exact) mass is 525 g/mol. The van der Waals surface area contributed by atoms with Crippen LogP contribution in [0.15, 0.2) is 65.1 Å². The quantitative estimate of drug-likeness (QED) is 0.393. The van der Waals surface area contributed by atoms with E-state index in [9.17, 15) is 14.0 Å². The molecule has 2 aromatic carbocycles. The summed E-state index contributed by atoms with van der Waals surface area (Å²) < 4.78 is 30.8. The van der Waals surface area contributed by atoms with E-state index < -0.39 is 17.8 Å². The first kappa shape index (κ1) is 26.3. The molecule has 1 aromatic heterocycles. The van der Waals surface area contributed by atoms with Crippen LogP contribution in [-0.4, -0.2) is 68.5 Å². The number of ether oxygens (including phenoxy) is 3. The minimum atomic E-state index is -0.590. The second-order valence-electron chi connectivity index (χ2n) is 8.29. The number of amides is 2. The van der Waals surface area contributed by atoms with Crippen LogP contribution in [0.1, 0.15) is 33.3 Å². The Balaban J connectivity index is 1.70. The molecule has 0 unspecified atom stereocenters. The molecule has 37 heavy (non-hydrogen) atoms. The predicted octanol–water partition coefficient (Wildman–Crippen LogP) is 4.37. The molecule has 0 aliphatic carbocycles. The average molecular weight is 526 g/mol. The molecular weight excluding hydrogens is 497 g/mol. The third-order valence-corrected chi connectivity index (χ3v) is 6.91. The molecule has 2 amide bonds. The summed E-state index contributed by atoms with van der Waals surface area (Å²) in [5.74, 6) is 0.00811. The predicted molar refractivity (Wildman–Crippen MR) is 139 cm³/mol. The lowest BCUT2D eigenvalue weighted by atomic mass is 9.97. The molecule has 0 bridgehead atoms. The lowest BCUT2D eigenvalue weighted by Crippen LogP contribution is -2.42. The molecule has 4 rings (SSSR count). The molecule has 10 heteroatoms. The largest absolute Gasteiger partial charge is 0.497 e. The van der Waals surface area contributed by atoms with Crippen LogP contribution in [0.3, 0.4) is 0 Å². The number of thiophene rings is 1. The summed E-state index contributed by atoms with van der Waals surface area (Å²) in [7, 11) is 4.62. The van der Waals surface area contributed by atoms with Crippen LogP contribution in [0, 0.1) is 5.82 Å². The fourth-order valence-corrected chi connectivity index (χ4v) is 4.88. The van der Waals surface area contributed by atoms with Gasteiger partial charge in [0.2, 0.25) is 0 Å². The number of rotatable bonds is 10. The van der Waals surface area contributed by atoms with Crippen LogP contribution in [0.5, 0.6) is 11.5 Å². The van der Waals surface area contributed by atoms with Gasteiger partial charge in [0.25, 0.3) is 11.8 Å². The van der Waals surface area contributed by atoms with Crippen molar-refractivity contribution in [2.24, 2.45) is 5.10 Å². The van der Waals surface area contributed by atoms with Gasteiger partial charge in [-0.1, -0.05) is 24.3 Å². The van der Waals surface area contributed by atoms with Gasteiger partial charge in [0.15, 0.2) is 0 Å². The maximum Gasteiger partial charge on any atom is 0.264 e. The Labute approximate surface area is 218 Å². The highest BCUT2D eigenvalue weighted by Gasteiger charge is 2.37. The molecule has 0 spiro atoms. The Bertz CT molecular complexity index is 1280. The zero-order chi connectivity index (χ0) is 26.4. The van der Waals surface area contributed by atoms with Crippen LogP contribution in [-0.2, 0) is 9.53 Å². The van der Waals surface area contributed by atoms with Gasteiger partial charge in [-0.2, -0.15) is 5.10 Å². The van der Waals surface area contributed by atoms with Crippen LogP contribution >= 0.6 is 11.3 Å². The molecule has 8 nitrogen and oxygen atoms in total. The number of methoxy groups -OCH3 is 3. The Hall–Kier alpha value is -3.76. The van der Waals surface area contributed by atoms with Crippen molar-refractivity contribution < 1.29 is 28.2 Å². The van der Waals surface area contributed by atoms with E-state index in [1.54, 1.807) is 61.0 Å². The number of carbonyl (C=O) groups excluding carboxylic acids is 2. The molecule has 1 aliphatic rings. The van der Waals surface area contributed by atoms with E-state index in [1.807, 2.05) is 0 Å². The van der Waals surface area contributed by atoms with Crippen LogP contribution in [0.2, 0.25) is 0 Å². The second kappa shape index (κ2) is 12.0. The molecule has 194 valence electrons. The Morgan fingerprint density at radius 1 is 1.11 bits per heavy atom. The lowest BCUT2D eigenvalue weighted by Gasteiger charge is -2.27. The smallest absolute Gasteiger partial charge is 0.264 e. The molecule has 0 N–H and O–H groups in total. The van der Waals surface area contributed by atoms with E-state index in [-0.39, 0.29) is 32.0 Å². The molecule has 1 atom stereocenters. The number of carbonyl (C=O) groups is 2. The van der Waals surface area contributed by atoms with Crippen molar-refractivity contribution in [3.63, 3.8) is 0 Å². The highest BCUT2D eigenvalue weighted by atomic mass is 32.1. The standard InChI is InChI=1S/C27H28FN3O5S/c1-34-13-12-30(27(33)25-9-6-14-37-25)17-26(32)31-23(20-15-18(35-2)10-11-24(20)36-3)16-22(29-31)19-7-4-5-8-21(19)28/h4-11,14-15,23H,12-13,16-17H2,1-3H3/t23-/m0/s1. The van der Waals surface area contributed by atoms with Crippen molar-refractivity contribution in [1.82, 2.24) is 9.91 Å². The molecule has 3 aromatic rings. The van der Waals surface area contributed by atoms with Crippen LogP contribution in [0.4, 0.5) is 4.39 Å². The maximum atomic E-state index is 14.7. The van der Waals surface area contributed by atoms with Crippen molar-refractivity contribution in [2.45, 2.75) is 12.5 Å². The second-order valence-corrected chi connectivity index (χ2v) is 9.24. The van der Waals surface area contributed by atoms with Crippen LogP contribution < -0.4 is 9.47 Å². The van der Waals surface area contributed by atoms with Gasteiger partial charge in [-0.25, -0.2) is 9.40 Å². The van der Waals surface area contributed by atoms with Gasteiger partial charge in [0.1, 0.15) is 23.9 Å². The van der Waals surface area contributed by atoms with Gasteiger partial charge < -0.3 is 19.1 Å². The minimum absolute atomic E-state index is 0.225. The Morgan fingerprint density at radius 2 is 1.92 bits per heavy atom. The Morgan fingerprint density at radius 3 is 2.59 bits per heavy atom. The normalized spacial score (nSPS) is 14.9. The summed E-state index contributed by atoms with van der Waals surface area (Å²) in [5.41, 5.74) is 1.41. The van der Waals surface area contributed by atoms with E-state index in [1.165, 1.54) is 41.5 Å². The zero-order valence-electron chi connectivity index (χ0n) is 20.8. The average Bonchev–Trinajstić information content (AvgIpc) is 3.61. The summed E-state index contributed by atoms with van der Waals surface area (Å²) in [6.45, 7) is 0.266. The van der Waals surface area contributed by atoms with Gasteiger partial charge in [0, 0.05) is 31.2 Å². The van der Waals surface area contributed by atoms with Gasteiger partial charge >= 0.3 is 0 Å². The van der Waals surface area contributed by atoms with Gasteiger partial charge in [-0.15, -0.1) is 11.3 Å². The molecule has 0 saturated carbocycles. The van der Waals surface area contributed by atoms with Gasteiger partial charge in [0.05, 0.1) is 37.5 Å². The van der Waals surface area contributed by atoms with E-state index >= 15 is 0 Å². The number of hydrogen-bond donors (Lipinski definition) is 0. The summed E-state index contributed by atoms with van der Waals surface area (Å²) in [6.07, 6.45) is 0.257. The van der Waals surface area contributed by atoms with E-state index in [0.717, 1.165) is 0 Å².